The van der Waals surface area contributed by atoms with Gasteiger partial charge in [0.15, 0.2) is 6.29 Å². The Morgan fingerprint density at radius 1 is 1.33 bits per heavy atom. The SMILES string of the molecule is O=[C]CCc1cccc(CCl)c1. The van der Waals surface area contributed by atoms with E-state index in [-0.39, 0.29) is 0 Å². The summed E-state index contributed by atoms with van der Waals surface area (Å²) in [4.78, 5) is 9.98. The highest BCUT2D eigenvalue weighted by atomic mass is 35.5. The van der Waals surface area contributed by atoms with Gasteiger partial charge >= 0.3 is 0 Å². The summed E-state index contributed by atoms with van der Waals surface area (Å²) < 4.78 is 0. The van der Waals surface area contributed by atoms with Crippen LogP contribution in [-0.4, -0.2) is 6.29 Å². The molecule has 1 radical (unpaired) electrons. The molecule has 0 saturated carbocycles. The van der Waals surface area contributed by atoms with Gasteiger partial charge in [-0.25, -0.2) is 0 Å². The number of rotatable bonds is 4. The molecule has 2 heteroatoms. The second kappa shape index (κ2) is 4.94. The topological polar surface area (TPSA) is 17.1 Å². The first-order valence-electron chi connectivity index (χ1n) is 3.85. The maximum Gasteiger partial charge on any atom is 0.198 e. The molecule has 1 rings (SSSR count). The highest BCUT2D eigenvalue weighted by molar-refractivity contribution is 6.17. The Morgan fingerprint density at radius 2 is 2.08 bits per heavy atom. The lowest BCUT2D eigenvalue weighted by Gasteiger charge is -1.99. The molecule has 0 fully saturated rings. The van der Waals surface area contributed by atoms with Crippen molar-refractivity contribution in [1.29, 1.82) is 0 Å². The Morgan fingerprint density at radius 3 is 2.75 bits per heavy atom. The number of aryl methyl sites for hydroxylation is 1. The van der Waals surface area contributed by atoms with Crippen LogP contribution in [-0.2, 0) is 17.1 Å². The molecule has 0 unspecified atom stereocenters. The molecule has 0 spiro atoms. The van der Waals surface area contributed by atoms with Crippen LogP contribution in [0.1, 0.15) is 17.5 Å². The van der Waals surface area contributed by atoms with Gasteiger partial charge in [-0.05, 0) is 17.5 Å². The van der Waals surface area contributed by atoms with Gasteiger partial charge in [-0.3, -0.25) is 4.79 Å². The van der Waals surface area contributed by atoms with Crippen LogP contribution < -0.4 is 0 Å². The number of benzene rings is 1. The van der Waals surface area contributed by atoms with Gasteiger partial charge in [-0.15, -0.1) is 11.6 Å². The van der Waals surface area contributed by atoms with E-state index in [0.29, 0.717) is 12.3 Å². The van der Waals surface area contributed by atoms with Crippen molar-refractivity contribution in [2.24, 2.45) is 0 Å². The van der Waals surface area contributed by atoms with Crippen molar-refractivity contribution in [3.63, 3.8) is 0 Å². The van der Waals surface area contributed by atoms with Crippen molar-refractivity contribution in [2.45, 2.75) is 18.7 Å². The molecule has 0 aliphatic heterocycles. The number of hydrogen-bond donors (Lipinski definition) is 0. The number of halogens is 1. The molecule has 0 aliphatic carbocycles. The van der Waals surface area contributed by atoms with E-state index in [1.54, 1.807) is 0 Å². The molecule has 0 amide bonds. The number of carbonyl (C=O) groups excluding carboxylic acids is 1. The number of hydrogen-bond acceptors (Lipinski definition) is 1. The zero-order valence-electron chi connectivity index (χ0n) is 6.72. The predicted octanol–water partition coefficient (Wildman–Crippen LogP) is 2.47. The van der Waals surface area contributed by atoms with Crippen LogP contribution in [0.25, 0.3) is 0 Å². The van der Waals surface area contributed by atoms with Gasteiger partial charge < -0.3 is 0 Å². The minimum absolute atomic E-state index is 0.464. The van der Waals surface area contributed by atoms with Crippen molar-refractivity contribution >= 4 is 17.9 Å². The van der Waals surface area contributed by atoms with Crippen molar-refractivity contribution < 1.29 is 4.79 Å². The van der Waals surface area contributed by atoms with Gasteiger partial charge in [0.1, 0.15) is 0 Å². The molecule has 0 aromatic heterocycles. The summed E-state index contributed by atoms with van der Waals surface area (Å²) in [6.07, 6.45) is 3.09. The van der Waals surface area contributed by atoms with Gasteiger partial charge in [0.25, 0.3) is 0 Å². The fourth-order valence-corrected chi connectivity index (χ4v) is 1.23. The van der Waals surface area contributed by atoms with Crippen molar-refractivity contribution in [3.05, 3.63) is 35.4 Å². The summed E-state index contributed by atoms with van der Waals surface area (Å²) in [5.74, 6) is 0.526. The molecule has 0 aliphatic rings. The summed E-state index contributed by atoms with van der Waals surface area (Å²) in [5, 5.41) is 0. The van der Waals surface area contributed by atoms with Gasteiger partial charge in [-0.1, -0.05) is 24.3 Å². The van der Waals surface area contributed by atoms with E-state index < -0.39 is 0 Å². The molecule has 0 heterocycles. The lowest BCUT2D eigenvalue weighted by molar-refractivity contribution is 0.551. The summed E-state index contributed by atoms with van der Waals surface area (Å²) >= 11 is 5.66. The Balaban J connectivity index is 2.65. The van der Waals surface area contributed by atoms with E-state index in [2.05, 4.69) is 0 Å². The Bertz CT molecular complexity index is 258. The van der Waals surface area contributed by atoms with Crippen LogP contribution in [0.3, 0.4) is 0 Å². The standard InChI is InChI=1S/C10H10ClO/c11-8-10-4-1-3-9(7-10)5-2-6-12/h1,3-4,7H,2,5,8H2. The fourth-order valence-electron chi connectivity index (χ4n) is 1.06. The van der Waals surface area contributed by atoms with E-state index in [1.165, 1.54) is 0 Å². The van der Waals surface area contributed by atoms with Crippen molar-refractivity contribution in [2.75, 3.05) is 0 Å². The molecule has 0 bridgehead atoms. The minimum atomic E-state index is 0.464. The summed E-state index contributed by atoms with van der Waals surface area (Å²) in [5.41, 5.74) is 2.25. The maximum absolute atomic E-state index is 9.98. The van der Waals surface area contributed by atoms with Crippen molar-refractivity contribution in [1.82, 2.24) is 0 Å². The summed E-state index contributed by atoms with van der Waals surface area (Å²) in [6.45, 7) is 0. The molecule has 12 heavy (non-hydrogen) atoms. The smallest absolute Gasteiger partial charge is 0.198 e. The lowest BCUT2D eigenvalue weighted by Crippen LogP contribution is -1.87. The predicted molar refractivity (Wildman–Crippen MR) is 50.0 cm³/mol. The largest absolute Gasteiger partial charge is 0.291 e. The molecular formula is C10H10ClO. The second-order valence-electron chi connectivity index (χ2n) is 2.60. The van der Waals surface area contributed by atoms with E-state index in [1.807, 2.05) is 30.6 Å². The van der Waals surface area contributed by atoms with E-state index >= 15 is 0 Å². The maximum atomic E-state index is 9.98. The third kappa shape index (κ3) is 2.67. The molecule has 0 N–H and O–H groups in total. The van der Waals surface area contributed by atoms with Gasteiger partial charge in [0.05, 0.1) is 0 Å². The Labute approximate surface area is 77.4 Å². The molecular weight excluding hydrogens is 172 g/mol. The van der Waals surface area contributed by atoms with Gasteiger partial charge in [-0.2, -0.15) is 0 Å². The Hall–Kier alpha value is -0.820. The molecule has 0 atom stereocenters. The van der Waals surface area contributed by atoms with Crippen LogP contribution in [0.5, 0.6) is 0 Å². The summed E-state index contributed by atoms with van der Waals surface area (Å²) in [6, 6.07) is 7.94. The van der Waals surface area contributed by atoms with Crippen LogP contribution >= 0.6 is 11.6 Å². The lowest BCUT2D eigenvalue weighted by atomic mass is 10.1. The van der Waals surface area contributed by atoms with Crippen LogP contribution in [0.15, 0.2) is 24.3 Å². The highest BCUT2D eigenvalue weighted by Crippen LogP contribution is 2.08. The van der Waals surface area contributed by atoms with E-state index in [4.69, 9.17) is 11.6 Å². The fraction of sp³-hybridized carbons (Fsp3) is 0.300. The monoisotopic (exact) mass is 181 g/mol. The molecule has 0 saturated heterocycles. The van der Waals surface area contributed by atoms with E-state index in [9.17, 15) is 4.79 Å². The average Bonchev–Trinajstić information content (AvgIpc) is 2.15. The first-order valence-corrected chi connectivity index (χ1v) is 4.39. The highest BCUT2D eigenvalue weighted by Gasteiger charge is 1.94. The second-order valence-corrected chi connectivity index (χ2v) is 2.87. The van der Waals surface area contributed by atoms with Crippen LogP contribution in [0, 0.1) is 0 Å². The van der Waals surface area contributed by atoms with Crippen molar-refractivity contribution in [3.8, 4) is 0 Å². The minimum Gasteiger partial charge on any atom is -0.291 e. The van der Waals surface area contributed by atoms with Gasteiger partial charge in [0.2, 0.25) is 0 Å². The Kier molecular flexibility index (Phi) is 3.81. The zero-order valence-corrected chi connectivity index (χ0v) is 7.47. The molecule has 1 nitrogen and oxygen atoms in total. The average molecular weight is 182 g/mol. The quantitative estimate of drug-likeness (QED) is 0.653. The van der Waals surface area contributed by atoms with E-state index in [0.717, 1.165) is 17.5 Å². The molecule has 63 valence electrons. The molecule has 1 aromatic carbocycles. The zero-order chi connectivity index (χ0) is 8.81. The third-order valence-electron chi connectivity index (χ3n) is 1.66. The summed E-state index contributed by atoms with van der Waals surface area (Å²) in [7, 11) is 0. The first kappa shape index (κ1) is 9.27. The molecule has 1 aromatic rings. The first-order chi connectivity index (χ1) is 5.86. The van der Waals surface area contributed by atoms with Gasteiger partial charge in [0, 0.05) is 12.3 Å². The van der Waals surface area contributed by atoms with Crippen LogP contribution in [0.4, 0.5) is 0 Å². The third-order valence-corrected chi connectivity index (χ3v) is 1.97. The van der Waals surface area contributed by atoms with Crippen LogP contribution in [0.2, 0.25) is 0 Å². The normalized spacial score (nSPS) is 9.75. The number of alkyl halides is 1.